The summed E-state index contributed by atoms with van der Waals surface area (Å²) in [5.74, 6) is 0. The van der Waals surface area contributed by atoms with Crippen LogP contribution in [-0.4, -0.2) is 0 Å². The SMILES string of the molecule is Cc1ccc(N(c2ccccc2C)c2cc3oc4cc5c(cc4c3c3c2oc2ccccc23)oc2cc(N(c3ccccc3C)c3ccc(C)cc3C)c3oc4ccccc4c3c25)c(C)c1. The molecular formula is C60H44N2O4. The van der Waals surface area contributed by atoms with Gasteiger partial charge in [0.05, 0.1) is 11.4 Å². The van der Waals surface area contributed by atoms with Gasteiger partial charge in [0, 0.05) is 78.0 Å². The Balaban J connectivity index is 1.12. The normalized spacial score (nSPS) is 12.1. The van der Waals surface area contributed by atoms with E-state index >= 15 is 0 Å². The van der Waals surface area contributed by atoms with Crippen molar-refractivity contribution < 1.29 is 17.7 Å². The number of benzene rings is 9. The molecule has 13 aromatic rings. The molecule has 0 amide bonds. The maximum absolute atomic E-state index is 7.10. The van der Waals surface area contributed by atoms with Crippen LogP contribution in [0.1, 0.15) is 33.4 Å². The van der Waals surface area contributed by atoms with E-state index in [0.717, 1.165) is 144 Å². The molecule has 0 spiro atoms. The van der Waals surface area contributed by atoms with Gasteiger partial charge in [-0.3, -0.25) is 0 Å². The molecule has 0 aliphatic heterocycles. The fraction of sp³-hybridized carbons (Fsp3) is 0.100. The van der Waals surface area contributed by atoms with Gasteiger partial charge in [-0.25, -0.2) is 0 Å². The number of aryl methyl sites for hydroxylation is 6. The molecule has 0 N–H and O–H groups in total. The van der Waals surface area contributed by atoms with Crippen LogP contribution in [0.25, 0.3) is 87.8 Å². The Hall–Kier alpha value is -8.22. The Morgan fingerprint density at radius 3 is 1.09 bits per heavy atom. The average Bonchev–Trinajstić information content (AvgIpc) is 4.08. The number of furan rings is 4. The van der Waals surface area contributed by atoms with Gasteiger partial charge >= 0.3 is 0 Å². The lowest BCUT2D eigenvalue weighted by atomic mass is 10.00. The molecule has 0 aliphatic rings. The first-order valence-electron chi connectivity index (χ1n) is 22.6. The van der Waals surface area contributed by atoms with Gasteiger partial charge in [-0.2, -0.15) is 0 Å². The smallest absolute Gasteiger partial charge is 0.160 e. The second kappa shape index (κ2) is 14.1. The number of hydrogen-bond acceptors (Lipinski definition) is 6. The van der Waals surface area contributed by atoms with Crippen molar-refractivity contribution in [2.45, 2.75) is 41.5 Å². The van der Waals surface area contributed by atoms with Crippen LogP contribution < -0.4 is 9.80 Å². The molecule has 0 aliphatic carbocycles. The lowest BCUT2D eigenvalue weighted by Crippen LogP contribution is -2.13. The third-order valence-electron chi connectivity index (χ3n) is 13.6. The molecule has 0 fully saturated rings. The van der Waals surface area contributed by atoms with Crippen molar-refractivity contribution in [1.29, 1.82) is 0 Å². The summed E-state index contributed by atoms with van der Waals surface area (Å²) in [6.07, 6.45) is 0. The van der Waals surface area contributed by atoms with E-state index in [9.17, 15) is 0 Å². The third-order valence-corrected chi connectivity index (χ3v) is 13.6. The standard InChI is InChI=1S/C60H44N2O4/c1-33-23-25-45(37(5)27-33)61(43-19-11-7-15-35(43)3)47-31-53-55(57-39-17-9-13-21-49(39)65-59(47)57)41-29-52-42(30-51(41)63-53)56-54(64-52)32-48(60-58(56)40-18-10-14-22-50(40)66-60)62(44-20-12-8-16-36(44)4)46-26-24-34(2)28-38(46)6/h7-32H,1-6H3. The topological polar surface area (TPSA) is 59.0 Å². The lowest BCUT2D eigenvalue weighted by molar-refractivity contribution is 0.660. The van der Waals surface area contributed by atoms with Crippen LogP contribution in [-0.2, 0) is 0 Å². The summed E-state index contributed by atoms with van der Waals surface area (Å²) in [5.41, 5.74) is 19.4. The minimum atomic E-state index is 0.764. The van der Waals surface area contributed by atoms with E-state index in [1.807, 2.05) is 12.1 Å². The monoisotopic (exact) mass is 856 g/mol. The molecule has 13 rings (SSSR count). The van der Waals surface area contributed by atoms with E-state index < -0.39 is 0 Å². The van der Waals surface area contributed by atoms with E-state index in [2.05, 4.69) is 197 Å². The maximum Gasteiger partial charge on any atom is 0.160 e. The third kappa shape index (κ3) is 5.54. The molecule has 9 aromatic carbocycles. The van der Waals surface area contributed by atoms with Crippen LogP contribution in [0.4, 0.5) is 34.1 Å². The maximum atomic E-state index is 7.10. The van der Waals surface area contributed by atoms with Crippen molar-refractivity contribution in [2.24, 2.45) is 0 Å². The second-order valence-electron chi connectivity index (χ2n) is 18.0. The Morgan fingerprint density at radius 1 is 0.273 bits per heavy atom. The Morgan fingerprint density at radius 2 is 0.667 bits per heavy atom. The van der Waals surface area contributed by atoms with Crippen molar-refractivity contribution in [1.82, 2.24) is 0 Å². The molecule has 6 heteroatoms. The minimum Gasteiger partial charge on any atom is -0.456 e. The molecule has 318 valence electrons. The fourth-order valence-corrected chi connectivity index (χ4v) is 10.6. The highest BCUT2D eigenvalue weighted by Crippen LogP contribution is 2.52. The van der Waals surface area contributed by atoms with Crippen molar-refractivity contribution >= 4 is 122 Å². The molecule has 0 saturated carbocycles. The van der Waals surface area contributed by atoms with Crippen molar-refractivity contribution in [3.63, 3.8) is 0 Å². The molecule has 6 nitrogen and oxygen atoms in total. The first-order valence-corrected chi connectivity index (χ1v) is 22.6. The largest absolute Gasteiger partial charge is 0.456 e. The number of fused-ring (bicyclic) bond motifs is 14. The van der Waals surface area contributed by atoms with Gasteiger partial charge in [0.25, 0.3) is 0 Å². The van der Waals surface area contributed by atoms with Gasteiger partial charge in [-0.15, -0.1) is 0 Å². The van der Waals surface area contributed by atoms with Gasteiger partial charge in [-0.1, -0.05) is 108 Å². The Bertz CT molecular complexity index is 3890. The summed E-state index contributed by atoms with van der Waals surface area (Å²) in [4.78, 5) is 4.66. The quantitative estimate of drug-likeness (QED) is 0.166. The van der Waals surface area contributed by atoms with E-state index in [0.29, 0.717) is 0 Å². The summed E-state index contributed by atoms with van der Waals surface area (Å²) in [5, 5.41) is 7.94. The predicted octanol–water partition coefficient (Wildman–Crippen LogP) is 18.1. The van der Waals surface area contributed by atoms with Gasteiger partial charge in [0.15, 0.2) is 11.2 Å². The molecular weight excluding hydrogens is 813 g/mol. The van der Waals surface area contributed by atoms with E-state index in [4.69, 9.17) is 17.7 Å². The minimum absolute atomic E-state index is 0.764. The number of anilines is 6. The van der Waals surface area contributed by atoms with E-state index in [1.165, 1.54) is 11.1 Å². The Kier molecular flexibility index (Phi) is 8.20. The molecule has 0 unspecified atom stereocenters. The second-order valence-corrected chi connectivity index (χ2v) is 18.0. The molecule has 66 heavy (non-hydrogen) atoms. The summed E-state index contributed by atoms with van der Waals surface area (Å²) >= 11 is 0. The first kappa shape index (κ1) is 38.3. The molecule has 0 saturated heterocycles. The lowest BCUT2D eigenvalue weighted by Gasteiger charge is -2.28. The zero-order valence-corrected chi connectivity index (χ0v) is 37.5. The van der Waals surface area contributed by atoms with Gasteiger partial charge in [-0.05, 0) is 112 Å². The molecule has 4 aromatic heterocycles. The highest BCUT2D eigenvalue weighted by molar-refractivity contribution is 6.33. The average molecular weight is 857 g/mol. The number of rotatable bonds is 6. The number of nitrogens with zero attached hydrogens (tertiary/aromatic N) is 2. The predicted molar refractivity (Wildman–Crippen MR) is 273 cm³/mol. The number of para-hydroxylation sites is 4. The van der Waals surface area contributed by atoms with E-state index in [1.54, 1.807) is 0 Å². The summed E-state index contributed by atoms with van der Waals surface area (Å²) < 4.78 is 28.1. The molecule has 0 atom stereocenters. The van der Waals surface area contributed by atoms with E-state index in [-0.39, 0.29) is 0 Å². The fourth-order valence-electron chi connectivity index (χ4n) is 10.6. The zero-order chi connectivity index (χ0) is 44.5. The highest BCUT2D eigenvalue weighted by Gasteiger charge is 2.29. The first-order chi connectivity index (χ1) is 32.2. The van der Waals surface area contributed by atoms with Crippen molar-refractivity contribution in [2.75, 3.05) is 9.80 Å². The Labute approximate surface area is 380 Å². The van der Waals surface area contributed by atoms with Crippen LogP contribution in [0.3, 0.4) is 0 Å². The van der Waals surface area contributed by atoms with Crippen molar-refractivity contribution in [3.8, 4) is 0 Å². The summed E-state index contributed by atoms with van der Waals surface area (Å²) in [6, 6.07) is 55.6. The summed E-state index contributed by atoms with van der Waals surface area (Å²) in [7, 11) is 0. The van der Waals surface area contributed by atoms with Gasteiger partial charge < -0.3 is 27.5 Å². The molecule has 0 bridgehead atoms. The number of hydrogen-bond donors (Lipinski definition) is 0. The van der Waals surface area contributed by atoms with Crippen LogP contribution in [0.5, 0.6) is 0 Å². The molecule has 4 heterocycles. The van der Waals surface area contributed by atoms with Crippen LogP contribution >= 0.6 is 0 Å². The van der Waals surface area contributed by atoms with Crippen LogP contribution in [0, 0.1) is 41.5 Å². The zero-order valence-electron chi connectivity index (χ0n) is 37.5. The molecule has 0 radical (unpaired) electrons. The van der Waals surface area contributed by atoms with Gasteiger partial charge in [0.1, 0.15) is 33.5 Å². The van der Waals surface area contributed by atoms with Crippen LogP contribution in [0.2, 0.25) is 0 Å². The van der Waals surface area contributed by atoms with Crippen LogP contribution in [0.15, 0.2) is 175 Å². The van der Waals surface area contributed by atoms with Crippen molar-refractivity contribution in [3.05, 3.63) is 191 Å². The highest BCUT2D eigenvalue weighted by atomic mass is 16.3. The summed E-state index contributed by atoms with van der Waals surface area (Å²) in [6.45, 7) is 12.9. The van der Waals surface area contributed by atoms with Gasteiger partial charge in [0.2, 0.25) is 0 Å².